The molecule has 2 aliphatic carbocycles. The number of morpholine rings is 1. The molecule has 0 aromatic heterocycles. The van der Waals surface area contributed by atoms with E-state index in [9.17, 15) is 4.79 Å². The number of esters is 1. The number of carbonyl (C=O) groups excluding carboxylic acids is 1. The van der Waals surface area contributed by atoms with Crippen LogP contribution in [0.2, 0.25) is 0 Å². The summed E-state index contributed by atoms with van der Waals surface area (Å²) in [7, 11) is 0. The summed E-state index contributed by atoms with van der Waals surface area (Å²) in [6.45, 7) is 12.5. The Bertz CT molecular complexity index is 475. The van der Waals surface area contributed by atoms with Crippen LogP contribution >= 0.6 is 0 Å². The summed E-state index contributed by atoms with van der Waals surface area (Å²) < 4.78 is 10.9. The lowest BCUT2D eigenvalue weighted by Crippen LogP contribution is -2.71. The van der Waals surface area contributed by atoms with Crippen molar-refractivity contribution in [3.05, 3.63) is 0 Å². The van der Waals surface area contributed by atoms with E-state index in [1.54, 1.807) is 0 Å². The number of rotatable bonds is 4. The zero-order chi connectivity index (χ0) is 16.9. The van der Waals surface area contributed by atoms with Gasteiger partial charge in [-0.3, -0.25) is 9.69 Å². The molecule has 132 valence electrons. The second-order valence-corrected chi connectivity index (χ2v) is 8.25. The fourth-order valence-corrected chi connectivity index (χ4v) is 5.86. The minimum Gasteiger partial charge on any atom is -0.465 e. The van der Waals surface area contributed by atoms with Gasteiger partial charge in [0.15, 0.2) is 0 Å². The molecule has 1 aliphatic heterocycles. The van der Waals surface area contributed by atoms with E-state index in [1.807, 2.05) is 6.92 Å². The van der Waals surface area contributed by atoms with Crippen LogP contribution in [0.5, 0.6) is 0 Å². The summed E-state index contributed by atoms with van der Waals surface area (Å²) in [5.74, 6) is 0.374. The molecule has 5 nitrogen and oxygen atoms in total. The second-order valence-electron chi connectivity index (χ2n) is 8.25. The predicted octanol–water partition coefficient (Wildman–Crippen LogP) is 1.79. The maximum Gasteiger partial charge on any atom is 0.324 e. The molecule has 2 N–H and O–H groups in total. The van der Waals surface area contributed by atoms with Gasteiger partial charge in [0.25, 0.3) is 0 Å². The second kappa shape index (κ2) is 5.71. The van der Waals surface area contributed by atoms with Gasteiger partial charge in [-0.15, -0.1) is 0 Å². The Hall–Kier alpha value is -0.650. The molecule has 0 radical (unpaired) electrons. The molecule has 2 saturated carbocycles. The summed E-state index contributed by atoms with van der Waals surface area (Å²) in [5, 5.41) is 0. The quantitative estimate of drug-likeness (QED) is 0.799. The minimum absolute atomic E-state index is 0.0220. The first-order valence-electron chi connectivity index (χ1n) is 9.06. The Morgan fingerprint density at radius 1 is 1.35 bits per heavy atom. The first kappa shape index (κ1) is 17.2. The SMILES string of the molecule is CCOC(=O)[C@@H](N)[C@@]1(N2CCOCC2)C[C@@H]2CC[C@]1(C)C2(C)C. The van der Waals surface area contributed by atoms with E-state index < -0.39 is 6.04 Å². The van der Waals surface area contributed by atoms with E-state index >= 15 is 0 Å². The number of hydrogen-bond acceptors (Lipinski definition) is 5. The molecule has 0 aromatic carbocycles. The van der Waals surface area contributed by atoms with Crippen LogP contribution in [0.15, 0.2) is 0 Å². The van der Waals surface area contributed by atoms with Crippen molar-refractivity contribution in [1.29, 1.82) is 0 Å². The van der Waals surface area contributed by atoms with Crippen molar-refractivity contribution in [3.8, 4) is 0 Å². The van der Waals surface area contributed by atoms with E-state index in [0.717, 1.165) is 39.1 Å². The largest absolute Gasteiger partial charge is 0.465 e. The van der Waals surface area contributed by atoms with E-state index in [2.05, 4.69) is 25.7 Å². The molecular formula is C18H32N2O3. The maximum atomic E-state index is 12.6. The van der Waals surface area contributed by atoms with E-state index in [4.69, 9.17) is 15.2 Å². The molecule has 23 heavy (non-hydrogen) atoms. The minimum atomic E-state index is -0.588. The molecule has 0 amide bonds. The van der Waals surface area contributed by atoms with Gasteiger partial charge in [-0.25, -0.2) is 0 Å². The van der Waals surface area contributed by atoms with E-state index in [-0.39, 0.29) is 22.3 Å². The van der Waals surface area contributed by atoms with Crippen LogP contribution < -0.4 is 5.73 Å². The summed E-state index contributed by atoms with van der Waals surface area (Å²) in [6.07, 6.45) is 3.37. The van der Waals surface area contributed by atoms with Gasteiger partial charge >= 0.3 is 5.97 Å². The van der Waals surface area contributed by atoms with Crippen molar-refractivity contribution in [2.24, 2.45) is 22.5 Å². The van der Waals surface area contributed by atoms with Crippen LogP contribution in [0, 0.1) is 16.7 Å². The standard InChI is InChI=1S/C18H32N2O3/c1-5-23-15(21)14(19)18(20-8-10-22-11-9-20)12-13-6-7-17(18,4)16(13,2)3/h13-14H,5-12,19H2,1-4H3/t13-,14+,17+,18-/m0/s1. The fraction of sp³-hybridized carbons (Fsp3) is 0.944. The normalized spacial score (nSPS) is 41.0. The molecule has 4 atom stereocenters. The molecule has 0 spiro atoms. The van der Waals surface area contributed by atoms with Gasteiger partial charge in [0.1, 0.15) is 6.04 Å². The number of nitrogens with zero attached hydrogens (tertiary/aromatic N) is 1. The average Bonchev–Trinajstić information content (AvgIpc) is 2.87. The monoisotopic (exact) mass is 324 g/mol. The molecule has 5 heteroatoms. The highest BCUT2D eigenvalue weighted by molar-refractivity contribution is 5.78. The van der Waals surface area contributed by atoms with Gasteiger partial charge in [-0.2, -0.15) is 0 Å². The summed E-state index contributed by atoms with van der Waals surface area (Å²) in [6, 6.07) is -0.588. The lowest BCUT2D eigenvalue weighted by Gasteiger charge is -2.57. The highest BCUT2D eigenvalue weighted by atomic mass is 16.5. The topological polar surface area (TPSA) is 64.8 Å². The smallest absolute Gasteiger partial charge is 0.324 e. The summed E-state index contributed by atoms with van der Waals surface area (Å²) >= 11 is 0. The van der Waals surface area contributed by atoms with Gasteiger partial charge in [-0.05, 0) is 42.9 Å². The molecule has 1 saturated heterocycles. The number of hydrogen-bond donors (Lipinski definition) is 1. The average molecular weight is 324 g/mol. The highest BCUT2D eigenvalue weighted by Gasteiger charge is 2.73. The molecule has 0 aromatic rings. The van der Waals surface area contributed by atoms with Crippen LogP contribution in [-0.4, -0.2) is 55.4 Å². The third kappa shape index (κ3) is 2.12. The van der Waals surface area contributed by atoms with Gasteiger partial charge in [0.2, 0.25) is 0 Å². The van der Waals surface area contributed by atoms with E-state index in [1.165, 1.54) is 6.42 Å². The Balaban J connectivity index is 2.03. The van der Waals surface area contributed by atoms with Crippen LogP contribution in [0.25, 0.3) is 0 Å². The fourth-order valence-electron chi connectivity index (χ4n) is 5.86. The van der Waals surface area contributed by atoms with Gasteiger partial charge < -0.3 is 15.2 Å². The van der Waals surface area contributed by atoms with Crippen molar-refractivity contribution in [2.45, 2.75) is 58.5 Å². The lowest BCUT2D eigenvalue weighted by atomic mass is 9.59. The first-order chi connectivity index (χ1) is 10.8. The Morgan fingerprint density at radius 3 is 2.48 bits per heavy atom. The van der Waals surface area contributed by atoms with Crippen LogP contribution in [0.3, 0.4) is 0 Å². The third-order valence-electron chi connectivity index (χ3n) is 7.58. The molecule has 3 fully saturated rings. The molecular weight excluding hydrogens is 292 g/mol. The maximum absolute atomic E-state index is 12.6. The van der Waals surface area contributed by atoms with Gasteiger partial charge in [-0.1, -0.05) is 20.8 Å². The Labute approximate surface area is 139 Å². The van der Waals surface area contributed by atoms with Crippen molar-refractivity contribution in [1.82, 2.24) is 4.90 Å². The molecule has 3 aliphatic rings. The Kier molecular flexibility index (Phi) is 4.27. The summed E-state index contributed by atoms with van der Waals surface area (Å²) in [4.78, 5) is 15.1. The number of fused-ring (bicyclic) bond motifs is 2. The summed E-state index contributed by atoms with van der Waals surface area (Å²) in [5.41, 5.74) is 6.51. The lowest BCUT2D eigenvalue weighted by molar-refractivity contribution is -0.159. The third-order valence-corrected chi connectivity index (χ3v) is 7.58. The molecule has 0 unspecified atom stereocenters. The Morgan fingerprint density at radius 2 is 2.00 bits per heavy atom. The zero-order valence-electron chi connectivity index (χ0n) is 15.1. The van der Waals surface area contributed by atoms with E-state index in [0.29, 0.717) is 12.5 Å². The van der Waals surface area contributed by atoms with Gasteiger partial charge in [0, 0.05) is 13.1 Å². The number of ether oxygens (including phenoxy) is 2. The molecule has 2 bridgehead atoms. The highest BCUT2D eigenvalue weighted by Crippen LogP contribution is 2.71. The van der Waals surface area contributed by atoms with Crippen molar-refractivity contribution >= 4 is 5.97 Å². The number of carbonyl (C=O) groups is 1. The van der Waals surface area contributed by atoms with Gasteiger partial charge in [0.05, 0.1) is 25.4 Å². The first-order valence-corrected chi connectivity index (χ1v) is 9.06. The van der Waals surface area contributed by atoms with Crippen molar-refractivity contribution in [2.75, 3.05) is 32.9 Å². The zero-order valence-corrected chi connectivity index (χ0v) is 15.1. The number of nitrogens with two attached hydrogens (primary N) is 1. The van der Waals surface area contributed by atoms with Crippen LogP contribution in [-0.2, 0) is 14.3 Å². The van der Waals surface area contributed by atoms with Crippen molar-refractivity contribution in [3.63, 3.8) is 0 Å². The van der Waals surface area contributed by atoms with Crippen molar-refractivity contribution < 1.29 is 14.3 Å². The van der Waals surface area contributed by atoms with Crippen LogP contribution in [0.4, 0.5) is 0 Å². The predicted molar refractivity (Wildman–Crippen MR) is 89.0 cm³/mol. The molecule has 1 heterocycles. The molecule has 3 rings (SSSR count). The van der Waals surface area contributed by atoms with Crippen LogP contribution in [0.1, 0.15) is 47.0 Å².